The fourth-order valence-corrected chi connectivity index (χ4v) is 1.69. The second-order valence-electron chi connectivity index (χ2n) is 3.08. The van der Waals surface area contributed by atoms with Crippen LogP contribution in [-0.2, 0) is 0 Å². The highest BCUT2D eigenvalue weighted by Crippen LogP contribution is 2.27. The number of aliphatic hydroxyl groups is 1. The van der Waals surface area contributed by atoms with Gasteiger partial charge in [0.2, 0.25) is 0 Å². The quantitative estimate of drug-likeness (QED) is 0.736. The molecular formula is C10H10Cl2N2O3. The van der Waals surface area contributed by atoms with Gasteiger partial charge in [0.05, 0.1) is 22.2 Å². The minimum absolute atomic E-state index is 0.139. The van der Waals surface area contributed by atoms with E-state index in [1.54, 1.807) is 0 Å². The van der Waals surface area contributed by atoms with Crippen molar-refractivity contribution in [3.63, 3.8) is 0 Å². The van der Waals surface area contributed by atoms with Crippen molar-refractivity contribution in [1.82, 2.24) is 5.32 Å². The van der Waals surface area contributed by atoms with Gasteiger partial charge in [-0.1, -0.05) is 23.2 Å². The van der Waals surface area contributed by atoms with E-state index in [0.29, 0.717) is 12.0 Å². The first kappa shape index (κ1) is 13.8. The molecule has 17 heavy (non-hydrogen) atoms. The maximum Gasteiger partial charge on any atom is 0.319 e. The van der Waals surface area contributed by atoms with Crippen LogP contribution in [0.1, 0.15) is 10.4 Å². The summed E-state index contributed by atoms with van der Waals surface area (Å²) in [7, 11) is 0. The van der Waals surface area contributed by atoms with Gasteiger partial charge in [-0.25, -0.2) is 4.79 Å². The molecule has 0 heterocycles. The van der Waals surface area contributed by atoms with Gasteiger partial charge in [-0.15, -0.1) is 0 Å². The molecule has 0 aromatic heterocycles. The van der Waals surface area contributed by atoms with Crippen LogP contribution in [0.4, 0.5) is 10.5 Å². The van der Waals surface area contributed by atoms with Crippen LogP contribution in [0.2, 0.25) is 10.0 Å². The highest BCUT2D eigenvalue weighted by molar-refractivity contribution is 6.39. The van der Waals surface area contributed by atoms with E-state index in [2.05, 4.69) is 10.6 Å². The highest BCUT2D eigenvalue weighted by atomic mass is 35.5. The fraction of sp³-hybridized carbons (Fsp3) is 0.200. The Bertz CT molecular complexity index is 415. The Kier molecular flexibility index (Phi) is 5.21. The first-order chi connectivity index (χ1) is 8.08. The van der Waals surface area contributed by atoms with Crippen molar-refractivity contribution >= 4 is 41.2 Å². The number of aliphatic hydroxyl groups excluding tert-OH is 1. The summed E-state index contributed by atoms with van der Waals surface area (Å²) in [6, 6.07) is 2.33. The molecular weight excluding hydrogens is 267 g/mol. The number of nitrogens with one attached hydrogen (secondary N) is 2. The number of amides is 2. The molecule has 0 saturated carbocycles. The molecule has 2 amide bonds. The van der Waals surface area contributed by atoms with Gasteiger partial charge in [0.15, 0.2) is 6.29 Å². The van der Waals surface area contributed by atoms with E-state index in [0.717, 1.165) is 0 Å². The number of benzene rings is 1. The number of carbonyl (C=O) groups is 2. The maximum absolute atomic E-state index is 11.3. The number of hydrogen-bond acceptors (Lipinski definition) is 3. The zero-order valence-electron chi connectivity index (χ0n) is 8.67. The van der Waals surface area contributed by atoms with E-state index in [1.165, 1.54) is 12.1 Å². The fourth-order valence-electron chi connectivity index (χ4n) is 1.11. The molecule has 0 saturated heterocycles. The summed E-state index contributed by atoms with van der Waals surface area (Å²) in [5.74, 6) is 0. The minimum atomic E-state index is -0.495. The number of halogens is 2. The van der Waals surface area contributed by atoms with Crippen molar-refractivity contribution in [2.45, 2.75) is 0 Å². The molecule has 0 unspecified atom stereocenters. The molecule has 0 atom stereocenters. The lowest BCUT2D eigenvalue weighted by Gasteiger charge is -2.08. The van der Waals surface area contributed by atoms with E-state index in [4.69, 9.17) is 28.3 Å². The van der Waals surface area contributed by atoms with Gasteiger partial charge in [-0.3, -0.25) is 4.79 Å². The molecule has 1 aromatic carbocycles. The number of carbonyl (C=O) groups excluding carboxylic acids is 2. The lowest BCUT2D eigenvalue weighted by Crippen LogP contribution is -2.30. The Hall–Kier alpha value is -1.30. The van der Waals surface area contributed by atoms with Gasteiger partial charge >= 0.3 is 6.03 Å². The number of hydrogen-bond donors (Lipinski definition) is 3. The summed E-state index contributed by atoms with van der Waals surface area (Å²) in [6.07, 6.45) is 0.542. The van der Waals surface area contributed by atoms with Crippen LogP contribution < -0.4 is 10.6 Å². The van der Waals surface area contributed by atoms with E-state index in [1.807, 2.05) is 0 Å². The second kappa shape index (κ2) is 6.44. The number of aldehydes is 1. The van der Waals surface area contributed by atoms with Gasteiger partial charge in [-0.05, 0) is 12.1 Å². The Morgan fingerprint density at radius 1 is 1.35 bits per heavy atom. The third-order valence-corrected chi connectivity index (χ3v) is 2.48. The minimum Gasteiger partial charge on any atom is -0.395 e. The van der Waals surface area contributed by atoms with E-state index in [-0.39, 0.29) is 28.8 Å². The zero-order valence-corrected chi connectivity index (χ0v) is 10.2. The monoisotopic (exact) mass is 276 g/mol. The SMILES string of the molecule is O=Cc1c(Cl)cc(NC(=O)NCCO)cc1Cl. The molecule has 0 aliphatic carbocycles. The summed E-state index contributed by atoms with van der Waals surface area (Å²) in [4.78, 5) is 21.9. The normalized spacial score (nSPS) is 9.82. The maximum atomic E-state index is 11.3. The second-order valence-corrected chi connectivity index (χ2v) is 3.89. The lowest BCUT2D eigenvalue weighted by molar-refractivity contribution is 0.112. The van der Waals surface area contributed by atoms with Crippen molar-refractivity contribution < 1.29 is 14.7 Å². The third-order valence-electron chi connectivity index (χ3n) is 1.85. The molecule has 92 valence electrons. The van der Waals surface area contributed by atoms with Crippen molar-refractivity contribution in [1.29, 1.82) is 0 Å². The van der Waals surface area contributed by atoms with Crippen LogP contribution in [0.25, 0.3) is 0 Å². The van der Waals surface area contributed by atoms with Crippen molar-refractivity contribution in [3.8, 4) is 0 Å². The van der Waals surface area contributed by atoms with Crippen LogP contribution in [0.15, 0.2) is 12.1 Å². The predicted molar refractivity (Wildman–Crippen MR) is 66.0 cm³/mol. The number of rotatable bonds is 4. The molecule has 1 rings (SSSR count). The standard InChI is InChI=1S/C10H10Cl2N2O3/c11-8-3-6(4-9(12)7(8)5-16)14-10(17)13-1-2-15/h3-5,15H,1-2H2,(H2,13,14,17). The van der Waals surface area contributed by atoms with Crippen LogP contribution in [-0.4, -0.2) is 30.6 Å². The van der Waals surface area contributed by atoms with E-state index < -0.39 is 6.03 Å². The average Bonchev–Trinajstić information content (AvgIpc) is 2.26. The molecule has 0 aliphatic heterocycles. The molecule has 5 nitrogen and oxygen atoms in total. The first-order valence-electron chi connectivity index (χ1n) is 4.68. The Morgan fingerprint density at radius 3 is 2.41 bits per heavy atom. The Labute approximate surface area is 108 Å². The molecule has 0 radical (unpaired) electrons. The highest BCUT2D eigenvalue weighted by Gasteiger charge is 2.09. The summed E-state index contributed by atoms with van der Waals surface area (Å²) in [5.41, 5.74) is 0.538. The van der Waals surface area contributed by atoms with Gasteiger partial charge in [-0.2, -0.15) is 0 Å². The third kappa shape index (κ3) is 3.89. The molecule has 3 N–H and O–H groups in total. The topological polar surface area (TPSA) is 78.4 Å². The molecule has 7 heteroatoms. The van der Waals surface area contributed by atoms with E-state index >= 15 is 0 Å². The Morgan fingerprint density at radius 2 is 1.94 bits per heavy atom. The first-order valence-corrected chi connectivity index (χ1v) is 5.44. The lowest BCUT2D eigenvalue weighted by atomic mass is 10.2. The molecule has 0 aliphatic rings. The van der Waals surface area contributed by atoms with Crippen molar-refractivity contribution in [2.75, 3.05) is 18.5 Å². The number of anilines is 1. The Balaban J connectivity index is 2.79. The van der Waals surface area contributed by atoms with Crippen molar-refractivity contribution in [2.24, 2.45) is 0 Å². The summed E-state index contributed by atoms with van der Waals surface area (Å²) >= 11 is 11.6. The largest absolute Gasteiger partial charge is 0.395 e. The molecule has 0 fully saturated rings. The molecule has 0 bridgehead atoms. The van der Waals surface area contributed by atoms with Gasteiger partial charge in [0.25, 0.3) is 0 Å². The summed E-state index contributed by atoms with van der Waals surface area (Å²) in [5, 5.41) is 13.7. The average molecular weight is 277 g/mol. The smallest absolute Gasteiger partial charge is 0.319 e. The zero-order chi connectivity index (χ0) is 12.8. The van der Waals surface area contributed by atoms with Crippen LogP contribution in [0.3, 0.4) is 0 Å². The summed E-state index contributed by atoms with van der Waals surface area (Å²) in [6.45, 7) is -0.0151. The predicted octanol–water partition coefficient (Wildman–Crippen LogP) is 1.92. The number of urea groups is 1. The molecule has 0 spiro atoms. The van der Waals surface area contributed by atoms with E-state index in [9.17, 15) is 9.59 Å². The van der Waals surface area contributed by atoms with Crippen LogP contribution in [0, 0.1) is 0 Å². The van der Waals surface area contributed by atoms with Crippen molar-refractivity contribution in [3.05, 3.63) is 27.7 Å². The van der Waals surface area contributed by atoms with Crippen LogP contribution >= 0.6 is 23.2 Å². The van der Waals surface area contributed by atoms with Crippen LogP contribution in [0.5, 0.6) is 0 Å². The van der Waals surface area contributed by atoms with Gasteiger partial charge < -0.3 is 15.7 Å². The van der Waals surface area contributed by atoms with Gasteiger partial charge in [0.1, 0.15) is 0 Å². The molecule has 1 aromatic rings. The summed E-state index contributed by atoms with van der Waals surface area (Å²) < 4.78 is 0. The van der Waals surface area contributed by atoms with Gasteiger partial charge in [0, 0.05) is 12.2 Å².